The lowest BCUT2D eigenvalue weighted by atomic mass is 10.2. The highest BCUT2D eigenvalue weighted by molar-refractivity contribution is 6.31. The van der Waals surface area contributed by atoms with E-state index < -0.39 is 0 Å². The second kappa shape index (κ2) is 5.92. The Morgan fingerprint density at radius 1 is 1.25 bits per heavy atom. The van der Waals surface area contributed by atoms with E-state index in [-0.39, 0.29) is 18.0 Å². The molecule has 0 spiro atoms. The van der Waals surface area contributed by atoms with E-state index >= 15 is 0 Å². The maximum atomic E-state index is 12.0. The zero-order chi connectivity index (χ0) is 14.7. The van der Waals surface area contributed by atoms with Crippen LogP contribution in [0.1, 0.15) is 11.1 Å². The van der Waals surface area contributed by atoms with Crippen molar-refractivity contribution in [3.05, 3.63) is 63.0 Å². The average molecular weight is 291 g/mol. The molecule has 1 amide bonds. The van der Waals surface area contributed by atoms with Gasteiger partial charge in [-0.3, -0.25) is 9.59 Å². The lowest BCUT2D eigenvalue weighted by molar-refractivity contribution is -0.116. The molecule has 1 aromatic heterocycles. The fourth-order valence-corrected chi connectivity index (χ4v) is 2.04. The Morgan fingerprint density at radius 2 is 2.00 bits per heavy atom. The first-order valence-electron chi connectivity index (χ1n) is 6.19. The second-order valence-electron chi connectivity index (χ2n) is 4.63. The van der Waals surface area contributed by atoms with Gasteiger partial charge in [-0.05, 0) is 37.1 Å². The van der Waals surface area contributed by atoms with Crippen molar-refractivity contribution in [1.82, 2.24) is 4.57 Å². The molecule has 0 unspecified atom stereocenters. The Balaban J connectivity index is 2.15. The van der Waals surface area contributed by atoms with Gasteiger partial charge in [-0.25, -0.2) is 0 Å². The molecule has 0 saturated heterocycles. The standard InChI is InChI=1S/C15H15ClN2O2/c1-10-6-7-15(20)18(8-10)9-14(19)17-13-5-3-4-12(16)11(13)2/h3-8H,9H2,1-2H3,(H,17,19). The molecule has 1 heterocycles. The number of carbonyl (C=O) groups is 1. The van der Waals surface area contributed by atoms with Gasteiger partial charge >= 0.3 is 0 Å². The van der Waals surface area contributed by atoms with Gasteiger partial charge in [0.15, 0.2) is 0 Å². The molecule has 0 aliphatic heterocycles. The molecule has 2 rings (SSSR count). The largest absolute Gasteiger partial charge is 0.324 e. The van der Waals surface area contributed by atoms with Gasteiger partial charge in [0.05, 0.1) is 0 Å². The first-order valence-corrected chi connectivity index (χ1v) is 6.57. The Bertz CT molecular complexity index is 707. The first kappa shape index (κ1) is 14.3. The van der Waals surface area contributed by atoms with Gasteiger partial charge in [-0.15, -0.1) is 0 Å². The van der Waals surface area contributed by atoms with E-state index in [9.17, 15) is 9.59 Å². The molecule has 104 valence electrons. The quantitative estimate of drug-likeness (QED) is 0.945. The van der Waals surface area contributed by atoms with E-state index in [4.69, 9.17) is 11.6 Å². The van der Waals surface area contributed by atoms with E-state index in [0.717, 1.165) is 11.1 Å². The first-order chi connectivity index (χ1) is 9.47. The third-order valence-electron chi connectivity index (χ3n) is 2.99. The molecule has 0 aliphatic rings. The third-order valence-corrected chi connectivity index (χ3v) is 3.40. The van der Waals surface area contributed by atoms with Crippen molar-refractivity contribution in [2.24, 2.45) is 0 Å². The van der Waals surface area contributed by atoms with E-state index in [0.29, 0.717) is 10.7 Å². The number of pyridine rings is 1. The lowest BCUT2D eigenvalue weighted by Crippen LogP contribution is -2.27. The van der Waals surface area contributed by atoms with Gasteiger partial charge in [0, 0.05) is 23.0 Å². The zero-order valence-corrected chi connectivity index (χ0v) is 12.1. The molecule has 0 saturated carbocycles. The number of benzene rings is 1. The molecule has 5 heteroatoms. The van der Waals surface area contributed by atoms with Crippen molar-refractivity contribution in [1.29, 1.82) is 0 Å². The normalized spacial score (nSPS) is 10.3. The summed E-state index contributed by atoms with van der Waals surface area (Å²) in [5.74, 6) is -0.261. The molecule has 2 aromatic rings. The van der Waals surface area contributed by atoms with Crippen molar-refractivity contribution in [2.45, 2.75) is 20.4 Å². The number of aromatic nitrogens is 1. The van der Waals surface area contributed by atoms with Crippen molar-refractivity contribution in [3.63, 3.8) is 0 Å². The highest BCUT2D eigenvalue weighted by Gasteiger charge is 2.08. The fourth-order valence-electron chi connectivity index (χ4n) is 1.86. The summed E-state index contributed by atoms with van der Waals surface area (Å²) in [4.78, 5) is 23.6. The molecule has 0 fully saturated rings. The zero-order valence-electron chi connectivity index (χ0n) is 11.3. The topological polar surface area (TPSA) is 51.1 Å². The number of nitrogens with zero attached hydrogens (tertiary/aromatic N) is 1. The van der Waals surface area contributed by atoms with Gasteiger partial charge in [0.25, 0.3) is 5.56 Å². The van der Waals surface area contributed by atoms with Crippen molar-refractivity contribution >= 4 is 23.2 Å². The number of amides is 1. The molecule has 1 aromatic carbocycles. The molecular weight excluding hydrogens is 276 g/mol. The van der Waals surface area contributed by atoms with Gasteiger partial charge in [-0.1, -0.05) is 23.7 Å². The molecule has 1 N–H and O–H groups in total. The minimum Gasteiger partial charge on any atom is -0.324 e. The summed E-state index contributed by atoms with van der Waals surface area (Å²) in [5.41, 5.74) is 2.19. The second-order valence-corrected chi connectivity index (χ2v) is 5.04. The summed E-state index contributed by atoms with van der Waals surface area (Å²) in [5, 5.41) is 3.36. The van der Waals surface area contributed by atoms with Crippen LogP contribution in [0.15, 0.2) is 41.3 Å². The van der Waals surface area contributed by atoms with Crippen LogP contribution in [0.4, 0.5) is 5.69 Å². The van der Waals surface area contributed by atoms with E-state index in [1.807, 2.05) is 13.8 Å². The van der Waals surface area contributed by atoms with Crippen LogP contribution >= 0.6 is 11.6 Å². The molecule has 0 radical (unpaired) electrons. The summed E-state index contributed by atoms with van der Waals surface area (Å²) in [6, 6.07) is 8.48. The minimum atomic E-state index is -0.261. The average Bonchev–Trinajstić information content (AvgIpc) is 2.39. The maximum absolute atomic E-state index is 12.0. The third kappa shape index (κ3) is 3.27. The van der Waals surface area contributed by atoms with Crippen LogP contribution < -0.4 is 10.9 Å². The number of halogens is 1. The monoisotopic (exact) mass is 290 g/mol. The van der Waals surface area contributed by atoms with Gasteiger partial charge in [0.2, 0.25) is 5.91 Å². The van der Waals surface area contributed by atoms with Crippen molar-refractivity contribution < 1.29 is 4.79 Å². The van der Waals surface area contributed by atoms with Crippen LogP contribution in [0.25, 0.3) is 0 Å². The van der Waals surface area contributed by atoms with Crippen molar-refractivity contribution in [3.8, 4) is 0 Å². The SMILES string of the molecule is Cc1ccc(=O)n(CC(=O)Nc2cccc(Cl)c2C)c1. The number of nitrogens with one attached hydrogen (secondary N) is 1. The Labute approximate surface area is 122 Å². The van der Waals surface area contributed by atoms with Gasteiger partial charge in [-0.2, -0.15) is 0 Å². The number of anilines is 1. The predicted molar refractivity (Wildman–Crippen MR) is 80.3 cm³/mol. The summed E-state index contributed by atoms with van der Waals surface area (Å²) in [6.07, 6.45) is 1.66. The Hall–Kier alpha value is -2.07. The molecule has 0 aliphatic carbocycles. The minimum absolute atomic E-state index is 0.0214. The number of hydrogen-bond donors (Lipinski definition) is 1. The summed E-state index contributed by atoms with van der Waals surface area (Å²) >= 11 is 6.00. The maximum Gasteiger partial charge on any atom is 0.251 e. The Morgan fingerprint density at radius 3 is 2.75 bits per heavy atom. The molecular formula is C15H15ClN2O2. The van der Waals surface area contributed by atoms with Crippen LogP contribution in [-0.4, -0.2) is 10.5 Å². The van der Waals surface area contributed by atoms with E-state index in [1.54, 1.807) is 30.5 Å². The van der Waals surface area contributed by atoms with Crippen LogP contribution in [0.3, 0.4) is 0 Å². The number of carbonyl (C=O) groups excluding carboxylic acids is 1. The lowest BCUT2D eigenvalue weighted by Gasteiger charge is -2.10. The molecule has 20 heavy (non-hydrogen) atoms. The summed E-state index contributed by atoms with van der Waals surface area (Å²) in [6.45, 7) is 3.68. The predicted octanol–water partition coefficient (Wildman–Crippen LogP) is 2.76. The van der Waals surface area contributed by atoms with Gasteiger partial charge < -0.3 is 9.88 Å². The highest BCUT2D eigenvalue weighted by Crippen LogP contribution is 2.22. The number of aryl methyl sites for hydroxylation is 1. The summed E-state index contributed by atoms with van der Waals surface area (Å²) < 4.78 is 1.38. The van der Waals surface area contributed by atoms with Crippen LogP contribution in [0.5, 0.6) is 0 Å². The van der Waals surface area contributed by atoms with Crippen LogP contribution in [-0.2, 0) is 11.3 Å². The van der Waals surface area contributed by atoms with Crippen molar-refractivity contribution in [2.75, 3.05) is 5.32 Å². The van der Waals surface area contributed by atoms with E-state index in [1.165, 1.54) is 10.6 Å². The van der Waals surface area contributed by atoms with Crippen LogP contribution in [0.2, 0.25) is 5.02 Å². The van der Waals surface area contributed by atoms with Gasteiger partial charge in [0.1, 0.15) is 6.54 Å². The number of rotatable bonds is 3. The molecule has 0 atom stereocenters. The van der Waals surface area contributed by atoms with E-state index in [2.05, 4.69) is 5.32 Å². The molecule has 0 bridgehead atoms. The smallest absolute Gasteiger partial charge is 0.251 e. The highest BCUT2D eigenvalue weighted by atomic mass is 35.5. The van der Waals surface area contributed by atoms with Crippen LogP contribution in [0, 0.1) is 13.8 Å². The fraction of sp³-hybridized carbons (Fsp3) is 0.200. The summed E-state index contributed by atoms with van der Waals surface area (Å²) in [7, 11) is 0. The molecule has 4 nitrogen and oxygen atoms in total. The Kier molecular flexibility index (Phi) is 4.25. The number of hydrogen-bond acceptors (Lipinski definition) is 2.